The SMILES string of the molecule is CC1(C)c2ccccc2-c2c(-c3cccc(-c4ccc5oc6cccc(-c7nc(-c8ccccc8)nc(-c8cccc9oc%10ccccc%10c89)n7)c6c5c4)c3)cccc21. The summed E-state index contributed by atoms with van der Waals surface area (Å²) >= 11 is 0. The number of hydrogen-bond donors (Lipinski definition) is 0. The van der Waals surface area contributed by atoms with Crippen molar-refractivity contribution in [1.29, 1.82) is 0 Å². The standard InChI is InChI=1S/C54H35N3O2/c1-54(2)42-23-8-6-18-37(42)48-36(20-11-24-43(48)54)35-17-10-16-33(30-35)34-28-29-45-41(31-34)50-40(22-13-27-47(50)59-45)53-56-51(32-14-4-3-5-15-32)55-52(57-53)39-21-12-26-46-49(39)38-19-7-9-25-44(38)58-46/h3-31H,1-2H3. The number of rotatable bonds is 5. The largest absolute Gasteiger partial charge is 0.456 e. The highest BCUT2D eigenvalue weighted by Crippen LogP contribution is 2.52. The van der Waals surface area contributed by atoms with E-state index in [2.05, 4.69) is 117 Å². The average molecular weight is 758 g/mol. The van der Waals surface area contributed by atoms with Gasteiger partial charge in [-0.25, -0.2) is 15.0 Å². The number of aromatic nitrogens is 3. The molecule has 0 saturated carbocycles. The summed E-state index contributed by atoms with van der Waals surface area (Å²) in [5, 5.41) is 3.96. The van der Waals surface area contributed by atoms with Crippen LogP contribution in [-0.2, 0) is 5.41 Å². The van der Waals surface area contributed by atoms with Gasteiger partial charge in [0.2, 0.25) is 0 Å². The van der Waals surface area contributed by atoms with Gasteiger partial charge in [-0.1, -0.05) is 153 Å². The summed E-state index contributed by atoms with van der Waals surface area (Å²) in [5.74, 6) is 1.74. The van der Waals surface area contributed by atoms with E-state index in [1.165, 1.54) is 33.4 Å². The first-order valence-electron chi connectivity index (χ1n) is 20.0. The monoisotopic (exact) mass is 757 g/mol. The van der Waals surface area contributed by atoms with E-state index < -0.39 is 0 Å². The molecule has 1 aliphatic rings. The van der Waals surface area contributed by atoms with E-state index in [4.69, 9.17) is 23.8 Å². The van der Waals surface area contributed by atoms with Crippen molar-refractivity contribution >= 4 is 43.9 Å². The lowest BCUT2D eigenvalue weighted by Crippen LogP contribution is -2.14. The summed E-state index contributed by atoms with van der Waals surface area (Å²) in [4.78, 5) is 15.5. The quantitative estimate of drug-likeness (QED) is 0.175. The van der Waals surface area contributed by atoms with Gasteiger partial charge >= 0.3 is 0 Å². The summed E-state index contributed by atoms with van der Waals surface area (Å²) in [6, 6.07) is 61.4. The molecule has 3 heterocycles. The summed E-state index contributed by atoms with van der Waals surface area (Å²) in [7, 11) is 0. The van der Waals surface area contributed by atoms with E-state index in [0.717, 1.165) is 71.7 Å². The maximum absolute atomic E-state index is 6.54. The van der Waals surface area contributed by atoms with Crippen molar-refractivity contribution in [2.75, 3.05) is 0 Å². The van der Waals surface area contributed by atoms with Crippen LogP contribution in [0.2, 0.25) is 0 Å². The number of fused-ring (bicyclic) bond motifs is 9. The zero-order valence-corrected chi connectivity index (χ0v) is 32.4. The molecule has 0 aliphatic heterocycles. The lowest BCUT2D eigenvalue weighted by Gasteiger charge is -2.21. The van der Waals surface area contributed by atoms with Gasteiger partial charge in [0.15, 0.2) is 17.5 Å². The average Bonchev–Trinajstić information content (AvgIpc) is 3.94. The summed E-state index contributed by atoms with van der Waals surface area (Å²) < 4.78 is 12.8. The van der Waals surface area contributed by atoms with E-state index in [1.54, 1.807) is 0 Å². The third-order valence-electron chi connectivity index (χ3n) is 12.2. The Morgan fingerprint density at radius 1 is 0.356 bits per heavy atom. The van der Waals surface area contributed by atoms with Crippen LogP contribution in [0, 0.1) is 0 Å². The molecule has 0 atom stereocenters. The van der Waals surface area contributed by atoms with Crippen molar-refractivity contribution in [3.8, 4) is 67.5 Å². The van der Waals surface area contributed by atoms with E-state index in [9.17, 15) is 0 Å². The fourth-order valence-corrected chi connectivity index (χ4v) is 9.35. The first kappa shape index (κ1) is 33.5. The van der Waals surface area contributed by atoms with Gasteiger partial charge in [-0.05, 0) is 80.9 Å². The fourth-order valence-electron chi connectivity index (χ4n) is 9.35. The Hall–Kier alpha value is -7.63. The van der Waals surface area contributed by atoms with Crippen LogP contribution in [0.5, 0.6) is 0 Å². The summed E-state index contributed by atoms with van der Waals surface area (Å²) in [6.07, 6.45) is 0. The molecule has 0 spiro atoms. The topological polar surface area (TPSA) is 65.0 Å². The molecule has 0 fully saturated rings. The second-order valence-electron chi connectivity index (χ2n) is 15.9. The van der Waals surface area contributed by atoms with E-state index in [-0.39, 0.29) is 5.41 Å². The molecule has 0 radical (unpaired) electrons. The molecule has 5 heteroatoms. The lowest BCUT2D eigenvalue weighted by molar-refractivity contribution is 0.660. The predicted molar refractivity (Wildman–Crippen MR) is 239 cm³/mol. The number of hydrogen-bond acceptors (Lipinski definition) is 5. The Morgan fingerprint density at radius 3 is 1.68 bits per heavy atom. The van der Waals surface area contributed by atoms with Crippen LogP contribution in [0.25, 0.3) is 111 Å². The second-order valence-corrected chi connectivity index (χ2v) is 15.9. The molecule has 59 heavy (non-hydrogen) atoms. The minimum atomic E-state index is -0.0627. The molecule has 8 aromatic carbocycles. The highest BCUT2D eigenvalue weighted by Gasteiger charge is 2.36. The van der Waals surface area contributed by atoms with Gasteiger partial charge in [-0.3, -0.25) is 0 Å². The van der Waals surface area contributed by atoms with Crippen molar-refractivity contribution in [3.05, 3.63) is 187 Å². The second kappa shape index (κ2) is 12.7. The van der Waals surface area contributed by atoms with E-state index in [1.807, 2.05) is 72.8 Å². The number of furan rings is 2. The molecule has 0 saturated heterocycles. The third kappa shape index (κ3) is 5.14. The first-order valence-corrected chi connectivity index (χ1v) is 20.0. The minimum absolute atomic E-state index is 0.0627. The number of nitrogens with zero attached hydrogens (tertiary/aromatic N) is 3. The maximum atomic E-state index is 6.54. The van der Waals surface area contributed by atoms with E-state index in [0.29, 0.717) is 17.5 Å². The van der Waals surface area contributed by atoms with Gasteiger partial charge in [0.1, 0.15) is 22.3 Å². The van der Waals surface area contributed by atoms with Crippen LogP contribution in [-0.4, -0.2) is 15.0 Å². The molecule has 3 aromatic heterocycles. The molecule has 11 aromatic rings. The van der Waals surface area contributed by atoms with Gasteiger partial charge in [0.05, 0.1) is 0 Å². The first-order chi connectivity index (χ1) is 29.0. The van der Waals surface area contributed by atoms with Crippen molar-refractivity contribution in [2.24, 2.45) is 0 Å². The smallest absolute Gasteiger partial charge is 0.164 e. The summed E-state index contributed by atoms with van der Waals surface area (Å²) in [5.41, 5.74) is 15.9. The highest BCUT2D eigenvalue weighted by atomic mass is 16.3. The molecule has 0 N–H and O–H groups in total. The maximum Gasteiger partial charge on any atom is 0.164 e. The van der Waals surface area contributed by atoms with Gasteiger partial charge in [-0.15, -0.1) is 0 Å². The van der Waals surface area contributed by atoms with Gasteiger partial charge < -0.3 is 8.83 Å². The zero-order valence-electron chi connectivity index (χ0n) is 32.4. The Morgan fingerprint density at radius 2 is 0.881 bits per heavy atom. The predicted octanol–water partition coefficient (Wildman–Crippen LogP) is 14.3. The molecular weight excluding hydrogens is 723 g/mol. The van der Waals surface area contributed by atoms with Crippen molar-refractivity contribution in [1.82, 2.24) is 15.0 Å². The van der Waals surface area contributed by atoms with Crippen LogP contribution in [0.4, 0.5) is 0 Å². The summed E-state index contributed by atoms with van der Waals surface area (Å²) in [6.45, 7) is 4.66. The van der Waals surface area contributed by atoms with Crippen LogP contribution in [0.3, 0.4) is 0 Å². The molecule has 278 valence electrons. The van der Waals surface area contributed by atoms with Gasteiger partial charge in [0.25, 0.3) is 0 Å². The molecule has 0 bridgehead atoms. The van der Waals surface area contributed by atoms with Crippen LogP contribution < -0.4 is 0 Å². The Kier molecular flexibility index (Phi) is 7.20. The van der Waals surface area contributed by atoms with Crippen molar-refractivity contribution in [3.63, 3.8) is 0 Å². The Labute approximate surface area is 340 Å². The zero-order chi connectivity index (χ0) is 39.2. The molecule has 0 amide bonds. The number of para-hydroxylation sites is 1. The molecule has 0 unspecified atom stereocenters. The van der Waals surface area contributed by atoms with Crippen molar-refractivity contribution in [2.45, 2.75) is 19.3 Å². The normalized spacial score (nSPS) is 13.1. The highest BCUT2D eigenvalue weighted by molar-refractivity contribution is 6.14. The van der Waals surface area contributed by atoms with Crippen molar-refractivity contribution < 1.29 is 8.83 Å². The minimum Gasteiger partial charge on any atom is -0.456 e. The lowest BCUT2D eigenvalue weighted by atomic mass is 9.82. The molecule has 1 aliphatic carbocycles. The van der Waals surface area contributed by atoms with E-state index >= 15 is 0 Å². The van der Waals surface area contributed by atoms with Gasteiger partial charge in [0, 0.05) is 43.7 Å². The Bertz CT molecular complexity index is 3480. The molecular formula is C54H35N3O2. The van der Waals surface area contributed by atoms with Gasteiger partial charge in [-0.2, -0.15) is 0 Å². The van der Waals surface area contributed by atoms with Crippen LogP contribution in [0.1, 0.15) is 25.0 Å². The van der Waals surface area contributed by atoms with Crippen LogP contribution in [0.15, 0.2) is 185 Å². The molecule has 12 rings (SSSR count). The third-order valence-corrected chi connectivity index (χ3v) is 12.2. The van der Waals surface area contributed by atoms with Crippen LogP contribution >= 0.6 is 0 Å². The molecule has 5 nitrogen and oxygen atoms in total. The fraction of sp³-hybridized carbons (Fsp3) is 0.0556. The number of benzene rings is 8. The Balaban J connectivity index is 1.03.